The molecule has 0 amide bonds. The summed E-state index contributed by atoms with van der Waals surface area (Å²) in [5.74, 6) is 0.237. The Labute approximate surface area is 104 Å². The fourth-order valence-corrected chi connectivity index (χ4v) is 1.91. The molecule has 1 atom stereocenters. The molecule has 6 heteroatoms. The van der Waals surface area contributed by atoms with Gasteiger partial charge in [0.1, 0.15) is 17.5 Å². The van der Waals surface area contributed by atoms with Crippen molar-refractivity contribution in [1.29, 1.82) is 0 Å². The Morgan fingerprint density at radius 3 is 3.06 bits per heavy atom. The van der Waals surface area contributed by atoms with Crippen molar-refractivity contribution in [2.45, 2.75) is 19.1 Å². The molecule has 0 aliphatic carbocycles. The van der Waals surface area contributed by atoms with Crippen LogP contribution < -0.4 is 15.2 Å². The molecule has 1 unspecified atom stereocenters. The van der Waals surface area contributed by atoms with Crippen molar-refractivity contribution < 1.29 is 24.1 Å². The van der Waals surface area contributed by atoms with E-state index in [0.29, 0.717) is 18.1 Å². The van der Waals surface area contributed by atoms with Gasteiger partial charge >= 0.3 is 5.97 Å². The average molecular weight is 253 g/mol. The van der Waals surface area contributed by atoms with Crippen LogP contribution in [0.5, 0.6) is 11.5 Å². The molecule has 6 nitrogen and oxygen atoms in total. The number of nitrogens with two attached hydrogens (primary N) is 1. The second kappa shape index (κ2) is 5.24. The zero-order chi connectivity index (χ0) is 13.1. The number of fused-ring (bicyclic) bond motifs is 1. The minimum Gasteiger partial charge on any atom is -0.496 e. The molecule has 0 saturated carbocycles. The summed E-state index contributed by atoms with van der Waals surface area (Å²) in [6.07, 6.45) is 0.175. The minimum atomic E-state index is -1.05. The van der Waals surface area contributed by atoms with Crippen molar-refractivity contribution >= 4 is 5.97 Å². The molecule has 1 aliphatic heterocycles. The first-order valence-corrected chi connectivity index (χ1v) is 5.51. The number of benzene rings is 1. The Bertz CT molecular complexity index is 460. The average Bonchev–Trinajstić information content (AvgIpc) is 2.39. The van der Waals surface area contributed by atoms with Crippen LogP contribution in [0.4, 0.5) is 0 Å². The number of aliphatic carboxylic acids is 1. The lowest BCUT2D eigenvalue weighted by Gasteiger charge is -2.23. The standard InChI is InChI=1S/C12H15NO5/c1-16-10-2-3-11-8(5-17-6-18-11)7(10)4-9(13)12(14)15/h2-3,9H,4-6,13H2,1H3,(H,14,15). The van der Waals surface area contributed by atoms with Gasteiger partial charge in [-0.2, -0.15) is 0 Å². The quantitative estimate of drug-likeness (QED) is 0.812. The smallest absolute Gasteiger partial charge is 0.320 e. The second-order valence-electron chi connectivity index (χ2n) is 3.98. The van der Waals surface area contributed by atoms with Crippen molar-refractivity contribution in [1.82, 2.24) is 0 Å². The predicted molar refractivity (Wildman–Crippen MR) is 62.6 cm³/mol. The summed E-state index contributed by atoms with van der Waals surface area (Å²) >= 11 is 0. The minimum absolute atomic E-state index is 0.175. The highest BCUT2D eigenvalue weighted by Gasteiger charge is 2.22. The molecule has 0 spiro atoms. The first-order chi connectivity index (χ1) is 8.63. The van der Waals surface area contributed by atoms with E-state index in [0.717, 1.165) is 11.1 Å². The van der Waals surface area contributed by atoms with Gasteiger partial charge in [0.15, 0.2) is 6.79 Å². The molecule has 0 bridgehead atoms. The first kappa shape index (κ1) is 12.7. The van der Waals surface area contributed by atoms with Crippen LogP contribution in [0.3, 0.4) is 0 Å². The van der Waals surface area contributed by atoms with Gasteiger partial charge < -0.3 is 25.1 Å². The van der Waals surface area contributed by atoms with E-state index in [2.05, 4.69) is 0 Å². The fourth-order valence-electron chi connectivity index (χ4n) is 1.91. The summed E-state index contributed by atoms with van der Waals surface area (Å²) < 4.78 is 15.8. The second-order valence-corrected chi connectivity index (χ2v) is 3.98. The van der Waals surface area contributed by atoms with Gasteiger partial charge in [0.2, 0.25) is 0 Å². The number of carbonyl (C=O) groups is 1. The Morgan fingerprint density at radius 2 is 2.39 bits per heavy atom. The van der Waals surface area contributed by atoms with Crippen LogP contribution in [-0.4, -0.2) is 31.0 Å². The summed E-state index contributed by atoms with van der Waals surface area (Å²) in [5.41, 5.74) is 7.10. The van der Waals surface area contributed by atoms with Gasteiger partial charge in [0, 0.05) is 17.5 Å². The molecule has 0 fully saturated rings. The van der Waals surface area contributed by atoms with E-state index in [4.69, 9.17) is 25.1 Å². The molecule has 1 aliphatic rings. The van der Waals surface area contributed by atoms with Crippen molar-refractivity contribution in [3.8, 4) is 11.5 Å². The predicted octanol–water partition coefficient (Wildman–Crippen LogP) is 0.516. The third kappa shape index (κ3) is 2.39. The van der Waals surface area contributed by atoms with Crippen LogP contribution in [-0.2, 0) is 22.6 Å². The normalized spacial score (nSPS) is 15.4. The summed E-state index contributed by atoms with van der Waals surface area (Å²) in [6, 6.07) is 2.55. The van der Waals surface area contributed by atoms with Crippen molar-refractivity contribution in [3.05, 3.63) is 23.3 Å². The molecule has 2 rings (SSSR count). The van der Waals surface area contributed by atoms with Gasteiger partial charge in [0.25, 0.3) is 0 Å². The number of carboxylic acids is 1. The number of hydrogen-bond donors (Lipinski definition) is 2. The Balaban J connectivity index is 2.38. The highest BCUT2D eigenvalue weighted by Crippen LogP contribution is 2.34. The Hall–Kier alpha value is -1.79. The molecule has 1 aromatic rings. The van der Waals surface area contributed by atoms with E-state index in [-0.39, 0.29) is 13.2 Å². The summed E-state index contributed by atoms with van der Waals surface area (Å²) in [4.78, 5) is 10.8. The van der Waals surface area contributed by atoms with Crippen LogP contribution in [0.15, 0.2) is 12.1 Å². The molecule has 18 heavy (non-hydrogen) atoms. The van der Waals surface area contributed by atoms with Crippen LogP contribution in [0, 0.1) is 0 Å². The Kier molecular flexibility index (Phi) is 3.69. The lowest BCUT2D eigenvalue weighted by atomic mass is 9.98. The Morgan fingerprint density at radius 1 is 1.61 bits per heavy atom. The van der Waals surface area contributed by atoms with Gasteiger partial charge in [-0.1, -0.05) is 0 Å². The largest absolute Gasteiger partial charge is 0.496 e. The molecule has 0 radical (unpaired) electrons. The molecule has 0 aromatic heterocycles. The molecular formula is C12H15NO5. The van der Waals surface area contributed by atoms with E-state index in [9.17, 15) is 4.79 Å². The highest BCUT2D eigenvalue weighted by molar-refractivity contribution is 5.74. The fraction of sp³-hybridized carbons (Fsp3) is 0.417. The molecule has 1 heterocycles. The van der Waals surface area contributed by atoms with Gasteiger partial charge in [-0.05, 0) is 12.1 Å². The summed E-state index contributed by atoms with van der Waals surface area (Å²) in [7, 11) is 1.53. The highest BCUT2D eigenvalue weighted by atomic mass is 16.7. The van der Waals surface area contributed by atoms with Gasteiger partial charge in [-0.25, -0.2) is 0 Å². The van der Waals surface area contributed by atoms with Crippen LogP contribution in [0.25, 0.3) is 0 Å². The van der Waals surface area contributed by atoms with E-state index in [1.165, 1.54) is 7.11 Å². The molecule has 98 valence electrons. The van der Waals surface area contributed by atoms with Crippen LogP contribution in [0.1, 0.15) is 11.1 Å². The summed E-state index contributed by atoms with van der Waals surface area (Å²) in [6.45, 7) is 0.567. The maximum Gasteiger partial charge on any atom is 0.320 e. The third-order valence-corrected chi connectivity index (χ3v) is 2.85. The number of rotatable bonds is 4. The van der Waals surface area contributed by atoms with E-state index < -0.39 is 12.0 Å². The third-order valence-electron chi connectivity index (χ3n) is 2.85. The van der Waals surface area contributed by atoms with Crippen LogP contribution in [0.2, 0.25) is 0 Å². The van der Waals surface area contributed by atoms with Crippen LogP contribution >= 0.6 is 0 Å². The number of hydrogen-bond acceptors (Lipinski definition) is 5. The first-order valence-electron chi connectivity index (χ1n) is 5.51. The molecule has 3 N–H and O–H groups in total. The lowest BCUT2D eigenvalue weighted by Crippen LogP contribution is -2.33. The van der Waals surface area contributed by atoms with Gasteiger partial charge in [0.05, 0.1) is 13.7 Å². The van der Waals surface area contributed by atoms with E-state index in [1.54, 1.807) is 12.1 Å². The SMILES string of the molecule is COc1ccc2c(c1CC(N)C(=O)O)COCO2. The number of ether oxygens (including phenoxy) is 3. The summed E-state index contributed by atoms with van der Waals surface area (Å²) in [5, 5.41) is 8.88. The topological polar surface area (TPSA) is 91.0 Å². The maximum absolute atomic E-state index is 10.8. The lowest BCUT2D eigenvalue weighted by molar-refractivity contribution is -0.138. The monoisotopic (exact) mass is 253 g/mol. The van der Waals surface area contributed by atoms with Gasteiger partial charge in [-0.15, -0.1) is 0 Å². The molecule has 1 aromatic carbocycles. The van der Waals surface area contributed by atoms with Crippen molar-refractivity contribution in [3.63, 3.8) is 0 Å². The zero-order valence-corrected chi connectivity index (χ0v) is 10.0. The van der Waals surface area contributed by atoms with E-state index in [1.807, 2.05) is 0 Å². The van der Waals surface area contributed by atoms with E-state index >= 15 is 0 Å². The zero-order valence-electron chi connectivity index (χ0n) is 10.0. The maximum atomic E-state index is 10.8. The number of carboxylic acid groups (broad SMARTS) is 1. The molecular weight excluding hydrogens is 238 g/mol. The van der Waals surface area contributed by atoms with Gasteiger partial charge in [-0.3, -0.25) is 4.79 Å². The molecule has 0 saturated heterocycles. The number of methoxy groups -OCH3 is 1. The van der Waals surface area contributed by atoms with Crippen molar-refractivity contribution in [2.24, 2.45) is 5.73 Å². The van der Waals surface area contributed by atoms with Crippen molar-refractivity contribution in [2.75, 3.05) is 13.9 Å².